The first kappa shape index (κ1) is 12.5. The van der Waals surface area contributed by atoms with Crippen molar-refractivity contribution >= 4 is 5.97 Å². The van der Waals surface area contributed by atoms with Gasteiger partial charge in [0.2, 0.25) is 0 Å². The summed E-state index contributed by atoms with van der Waals surface area (Å²) < 4.78 is 30.4. The van der Waals surface area contributed by atoms with E-state index in [0.717, 1.165) is 6.20 Å². The van der Waals surface area contributed by atoms with E-state index in [2.05, 4.69) is 9.72 Å². The van der Waals surface area contributed by atoms with E-state index in [0.29, 0.717) is 6.07 Å². The highest BCUT2D eigenvalue weighted by atomic mass is 19.1. The van der Waals surface area contributed by atoms with Crippen LogP contribution >= 0.6 is 0 Å². The van der Waals surface area contributed by atoms with Gasteiger partial charge in [0.25, 0.3) is 0 Å². The molecule has 88 valence electrons. The number of esters is 1. The number of pyridine rings is 1. The maximum Gasteiger partial charge on any atom is 0.307 e. The van der Waals surface area contributed by atoms with Crippen LogP contribution in [0.2, 0.25) is 0 Å². The first-order valence-corrected chi connectivity index (χ1v) is 4.54. The molecule has 1 rings (SSSR count). The molecule has 1 heterocycles. The summed E-state index contributed by atoms with van der Waals surface area (Å²) in [5.41, 5.74) is 4.24. The molecule has 1 aromatic rings. The number of ether oxygens (including phenoxy) is 1. The van der Waals surface area contributed by atoms with Gasteiger partial charge in [-0.25, -0.2) is 8.78 Å². The van der Waals surface area contributed by atoms with Crippen molar-refractivity contribution in [3.8, 4) is 0 Å². The van der Waals surface area contributed by atoms with Crippen LogP contribution in [0, 0.1) is 11.6 Å². The lowest BCUT2D eigenvalue weighted by Gasteiger charge is -2.22. The van der Waals surface area contributed by atoms with Crippen LogP contribution in [0.15, 0.2) is 12.3 Å². The van der Waals surface area contributed by atoms with Crippen LogP contribution in [0.4, 0.5) is 8.78 Å². The molecular weight excluding hydrogens is 218 g/mol. The van der Waals surface area contributed by atoms with Gasteiger partial charge in [-0.1, -0.05) is 0 Å². The first-order chi connectivity index (χ1) is 7.36. The minimum atomic E-state index is -1.33. The molecular formula is C10H12F2N2O2. The number of halogens is 2. The number of hydrogen-bond acceptors (Lipinski definition) is 4. The molecule has 0 fully saturated rings. The molecule has 0 amide bonds. The third-order valence-corrected chi connectivity index (χ3v) is 2.09. The normalized spacial score (nSPS) is 14.3. The number of carbonyl (C=O) groups excluding carboxylic acids is 1. The standard InChI is InChI=1S/C10H12F2N2O2/c1-10(13,4-8(15)16-2)9-7(12)3-6(11)5-14-9/h3,5H,4,13H2,1-2H3/t10-/m1/s1. The predicted octanol–water partition coefficient (Wildman–Crippen LogP) is 1.10. The van der Waals surface area contributed by atoms with Gasteiger partial charge >= 0.3 is 5.97 Å². The minimum Gasteiger partial charge on any atom is -0.469 e. The Morgan fingerprint density at radius 1 is 1.62 bits per heavy atom. The summed E-state index contributed by atoms with van der Waals surface area (Å²) in [5, 5.41) is 0. The highest BCUT2D eigenvalue weighted by molar-refractivity contribution is 5.70. The zero-order chi connectivity index (χ0) is 12.3. The van der Waals surface area contributed by atoms with E-state index in [-0.39, 0.29) is 12.1 Å². The van der Waals surface area contributed by atoms with Gasteiger partial charge in [0, 0.05) is 6.07 Å². The average Bonchev–Trinajstić information content (AvgIpc) is 2.16. The molecule has 0 saturated carbocycles. The fourth-order valence-corrected chi connectivity index (χ4v) is 1.29. The summed E-state index contributed by atoms with van der Waals surface area (Å²) in [6, 6.07) is 0.671. The van der Waals surface area contributed by atoms with Gasteiger partial charge in [0.05, 0.1) is 31.0 Å². The van der Waals surface area contributed by atoms with Crippen molar-refractivity contribution in [3.63, 3.8) is 0 Å². The van der Waals surface area contributed by atoms with Crippen LogP contribution in [0.5, 0.6) is 0 Å². The molecule has 2 N–H and O–H groups in total. The second-order valence-electron chi connectivity index (χ2n) is 3.65. The smallest absolute Gasteiger partial charge is 0.307 e. The largest absolute Gasteiger partial charge is 0.469 e. The Morgan fingerprint density at radius 3 is 2.75 bits per heavy atom. The van der Waals surface area contributed by atoms with Gasteiger partial charge in [-0.3, -0.25) is 9.78 Å². The van der Waals surface area contributed by atoms with E-state index in [4.69, 9.17) is 5.73 Å². The summed E-state index contributed by atoms with van der Waals surface area (Å²) in [7, 11) is 1.20. The van der Waals surface area contributed by atoms with Crippen molar-refractivity contribution in [2.24, 2.45) is 5.73 Å². The Kier molecular flexibility index (Phi) is 3.54. The Labute approximate surface area is 91.4 Å². The maximum absolute atomic E-state index is 13.4. The molecule has 0 radical (unpaired) electrons. The fraction of sp³-hybridized carbons (Fsp3) is 0.400. The van der Waals surface area contributed by atoms with Gasteiger partial charge in [-0.2, -0.15) is 0 Å². The fourth-order valence-electron chi connectivity index (χ4n) is 1.29. The number of rotatable bonds is 3. The molecule has 0 aliphatic rings. The van der Waals surface area contributed by atoms with Gasteiger partial charge in [0.15, 0.2) is 0 Å². The number of methoxy groups -OCH3 is 1. The van der Waals surface area contributed by atoms with Gasteiger partial charge in [-0.15, -0.1) is 0 Å². The molecule has 0 spiro atoms. The second kappa shape index (κ2) is 4.52. The Morgan fingerprint density at radius 2 is 2.25 bits per heavy atom. The molecule has 4 nitrogen and oxygen atoms in total. The predicted molar refractivity (Wildman–Crippen MR) is 52.3 cm³/mol. The van der Waals surface area contributed by atoms with Crippen molar-refractivity contribution < 1.29 is 18.3 Å². The summed E-state index contributed by atoms with van der Waals surface area (Å²) in [5.74, 6) is -2.26. The highest BCUT2D eigenvalue weighted by Gasteiger charge is 2.30. The summed E-state index contributed by atoms with van der Waals surface area (Å²) in [6.07, 6.45) is 0.611. The van der Waals surface area contributed by atoms with E-state index in [1.807, 2.05) is 0 Å². The summed E-state index contributed by atoms with van der Waals surface area (Å²) >= 11 is 0. The lowest BCUT2D eigenvalue weighted by molar-refractivity contribution is -0.142. The molecule has 0 unspecified atom stereocenters. The first-order valence-electron chi connectivity index (χ1n) is 4.54. The molecule has 6 heteroatoms. The maximum atomic E-state index is 13.4. The zero-order valence-electron chi connectivity index (χ0n) is 8.96. The lowest BCUT2D eigenvalue weighted by Crippen LogP contribution is -2.38. The topological polar surface area (TPSA) is 65.2 Å². The molecule has 1 atom stereocenters. The van der Waals surface area contributed by atoms with Crippen molar-refractivity contribution in [2.75, 3.05) is 7.11 Å². The van der Waals surface area contributed by atoms with Crippen LogP contribution in [0.25, 0.3) is 0 Å². The Hall–Kier alpha value is -1.56. The highest BCUT2D eigenvalue weighted by Crippen LogP contribution is 2.23. The van der Waals surface area contributed by atoms with E-state index < -0.39 is 23.1 Å². The number of aromatic nitrogens is 1. The quantitative estimate of drug-likeness (QED) is 0.789. The number of hydrogen-bond donors (Lipinski definition) is 1. The van der Waals surface area contributed by atoms with Crippen LogP contribution in [0.3, 0.4) is 0 Å². The molecule has 1 aromatic heterocycles. The van der Waals surface area contributed by atoms with Crippen molar-refractivity contribution in [3.05, 3.63) is 29.6 Å². The minimum absolute atomic E-state index is 0.167. The van der Waals surface area contributed by atoms with Gasteiger partial charge in [-0.05, 0) is 6.92 Å². The number of carbonyl (C=O) groups is 1. The van der Waals surface area contributed by atoms with Crippen molar-refractivity contribution in [1.82, 2.24) is 4.98 Å². The van der Waals surface area contributed by atoms with E-state index in [1.54, 1.807) is 0 Å². The van der Waals surface area contributed by atoms with E-state index in [9.17, 15) is 13.6 Å². The second-order valence-corrected chi connectivity index (χ2v) is 3.65. The van der Waals surface area contributed by atoms with E-state index >= 15 is 0 Å². The van der Waals surface area contributed by atoms with Gasteiger partial charge in [0.1, 0.15) is 11.6 Å². The van der Waals surface area contributed by atoms with Crippen LogP contribution in [-0.2, 0) is 15.1 Å². The molecule has 0 aliphatic carbocycles. The summed E-state index contributed by atoms with van der Waals surface area (Å²) in [4.78, 5) is 14.6. The summed E-state index contributed by atoms with van der Waals surface area (Å²) in [6.45, 7) is 1.42. The van der Waals surface area contributed by atoms with Crippen LogP contribution in [0.1, 0.15) is 19.0 Å². The lowest BCUT2D eigenvalue weighted by atomic mass is 9.94. The van der Waals surface area contributed by atoms with Crippen LogP contribution in [-0.4, -0.2) is 18.1 Å². The third kappa shape index (κ3) is 2.73. The SMILES string of the molecule is COC(=O)C[C@@](C)(N)c1ncc(F)cc1F. The average molecular weight is 230 g/mol. The van der Waals surface area contributed by atoms with Crippen molar-refractivity contribution in [2.45, 2.75) is 18.9 Å². The molecule has 0 saturated heterocycles. The molecule has 0 bridgehead atoms. The molecule has 16 heavy (non-hydrogen) atoms. The monoisotopic (exact) mass is 230 g/mol. The van der Waals surface area contributed by atoms with Gasteiger partial charge < -0.3 is 10.5 Å². The van der Waals surface area contributed by atoms with E-state index in [1.165, 1.54) is 14.0 Å². The van der Waals surface area contributed by atoms with Crippen molar-refractivity contribution in [1.29, 1.82) is 0 Å². The number of nitrogens with two attached hydrogens (primary N) is 1. The zero-order valence-corrected chi connectivity index (χ0v) is 8.96. The number of nitrogens with zero attached hydrogens (tertiary/aromatic N) is 1. The molecule has 0 aliphatic heterocycles. The molecule has 0 aromatic carbocycles. The Bertz CT molecular complexity index is 408. The third-order valence-electron chi connectivity index (χ3n) is 2.09. The Balaban J connectivity index is 3.02. The van der Waals surface area contributed by atoms with Crippen LogP contribution < -0.4 is 5.73 Å².